The number of anilines is 1. The Morgan fingerprint density at radius 3 is 2.14 bits per heavy atom. The van der Waals surface area contributed by atoms with E-state index < -0.39 is 22.0 Å². The lowest BCUT2D eigenvalue weighted by atomic mass is 10.2. The van der Waals surface area contributed by atoms with Crippen LogP contribution in [0.1, 0.15) is 5.56 Å². The lowest BCUT2D eigenvalue weighted by Gasteiger charge is -2.25. The quantitative estimate of drug-likeness (QED) is 0.221. The van der Waals surface area contributed by atoms with Crippen LogP contribution < -0.4 is 13.8 Å². The fraction of sp³-hybridized carbons (Fsp3) is 0.115. The van der Waals surface area contributed by atoms with E-state index >= 15 is 0 Å². The number of sulfonamides is 1. The molecule has 0 aliphatic heterocycles. The molecule has 0 fully saturated rings. The van der Waals surface area contributed by atoms with Gasteiger partial charge in [0.05, 0.1) is 12.2 Å². The van der Waals surface area contributed by atoms with Crippen molar-refractivity contribution in [2.45, 2.75) is 12.7 Å². The van der Waals surface area contributed by atoms with Crippen LogP contribution in [-0.2, 0) is 16.6 Å². The molecule has 192 valence electrons. The normalized spacial score (nSPS) is 11.7. The van der Waals surface area contributed by atoms with E-state index in [4.69, 9.17) is 21.1 Å². The zero-order valence-corrected chi connectivity index (χ0v) is 20.7. The van der Waals surface area contributed by atoms with Gasteiger partial charge in [-0.05, 0) is 54.1 Å². The number of para-hydroxylation sites is 1. The zero-order chi connectivity index (χ0) is 26.5. The van der Waals surface area contributed by atoms with Crippen molar-refractivity contribution in [3.05, 3.63) is 108 Å². The van der Waals surface area contributed by atoms with E-state index in [-0.39, 0.29) is 23.9 Å². The molecule has 11 heteroatoms. The topological polar surface area (TPSA) is 68.7 Å². The third kappa shape index (κ3) is 7.61. The van der Waals surface area contributed by atoms with Gasteiger partial charge in [-0.2, -0.15) is 13.2 Å². The summed E-state index contributed by atoms with van der Waals surface area (Å²) in [5.41, 5.74) is 0.364. The molecule has 0 unspecified atom stereocenters. The van der Waals surface area contributed by atoms with E-state index in [2.05, 4.69) is 4.98 Å². The summed E-state index contributed by atoms with van der Waals surface area (Å²) in [6.45, 7) is -0.387. The Morgan fingerprint density at radius 1 is 0.811 bits per heavy atom. The van der Waals surface area contributed by atoms with Gasteiger partial charge in [-0.15, -0.1) is 0 Å². The second-order valence-electron chi connectivity index (χ2n) is 7.85. The highest BCUT2D eigenvalue weighted by molar-refractivity contribution is 7.92. The second-order valence-corrected chi connectivity index (χ2v) is 10.2. The van der Waals surface area contributed by atoms with Gasteiger partial charge < -0.3 is 9.47 Å². The van der Waals surface area contributed by atoms with Gasteiger partial charge >= 0.3 is 6.18 Å². The summed E-state index contributed by atoms with van der Waals surface area (Å²) in [7, 11) is -4.80. The van der Waals surface area contributed by atoms with Crippen molar-refractivity contribution < 1.29 is 31.1 Å². The summed E-state index contributed by atoms with van der Waals surface area (Å²) >= 11 is 5.86. The van der Waals surface area contributed by atoms with E-state index in [1.54, 1.807) is 60.7 Å². The number of pyridine rings is 1. The van der Waals surface area contributed by atoms with Gasteiger partial charge in [-0.25, -0.2) is 13.4 Å². The number of ether oxygens (including phenoxy) is 2. The van der Waals surface area contributed by atoms with E-state index in [0.717, 1.165) is 0 Å². The molecular weight excluding hydrogens is 529 g/mol. The number of benzene rings is 3. The Balaban J connectivity index is 1.59. The Hall–Kier alpha value is -3.76. The van der Waals surface area contributed by atoms with Gasteiger partial charge in [0, 0.05) is 23.4 Å². The van der Waals surface area contributed by atoms with Gasteiger partial charge in [0.15, 0.2) is 5.75 Å². The van der Waals surface area contributed by atoms with Crippen LogP contribution in [0.15, 0.2) is 97.2 Å². The maximum Gasteiger partial charge on any atom is 0.404 e. The molecule has 6 nitrogen and oxygen atoms in total. The van der Waals surface area contributed by atoms with Crippen molar-refractivity contribution in [2.75, 3.05) is 10.1 Å². The van der Waals surface area contributed by atoms with E-state index in [1.165, 1.54) is 36.5 Å². The minimum absolute atomic E-state index is 0.0131. The summed E-state index contributed by atoms with van der Waals surface area (Å²) in [6, 6.07) is 24.2. The van der Waals surface area contributed by atoms with Gasteiger partial charge in [0.25, 0.3) is 0 Å². The highest BCUT2D eigenvalue weighted by Crippen LogP contribution is 2.31. The van der Waals surface area contributed by atoms with Crippen molar-refractivity contribution in [2.24, 2.45) is 0 Å². The molecule has 0 bridgehead atoms. The molecule has 0 aliphatic carbocycles. The Kier molecular flexibility index (Phi) is 7.89. The van der Waals surface area contributed by atoms with Crippen molar-refractivity contribution in [1.29, 1.82) is 0 Å². The molecule has 0 spiro atoms. The van der Waals surface area contributed by atoms with Crippen molar-refractivity contribution >= 4 is 27.3 Å². The van der Waals surface area contributed by atoms with E-state index in [9.17, 15) is 21.6 Å². The van der Waals surface area contributed by atoms with Crippen molar-refractivity contribution in [3.63, 3.8) is 0 Å². The third-order valence-corrected chi connectivity index (χ3v) is 6.88. The third-order valence-electron chi connectivity index (χ3n) is 4.93. The first-order chi connectivity index (χ1) is 17.6. The molecular formula is C26H20ClF3N2O4S. The van der Waals surface area contributed by atoms with Gasteiger partial charge in [0.1, 0.15) is 17.2 Å². The first kappa shape index (κ1) is 26.3. The largest absolute Gasteiger partial charge is 0.457 e. The lowest BCUT2D eigenvalue weighted by Crippen LogP contribution is -2.37. The molecule has 0 N–H and O–H groups in total. The van der Waals surface area contributed by atoms with Crippen molar-refractivity contribution in [3.8, 4) is 23.1 Å². The predicted octanol–water partition coefficient (Wildman–Crippen LogP) is 7.22. The molecule has 0 radical (unpaired) electrons. The molecule has 4 rings (SSSR count). The SMILES string of the molecule is O=S(=O)(CC(F)(F)F)N(Cc1ccc(Oc2ccc(Cl)cc2)nc1)c1cccc(Oc2ccccc2)c1. The maximum atomic E-state index is 13.2. The van der Waals surface area contributed by atoms with Crippen LogP contribution in [-0.4, -0.2) is 25.3 Å². The summed E-state index contributed by atoms with van der Waals surface area (Å²) < 4.78 is 77.2. The number of hydrogen-bond donors (Lipinski definition) is 0. The number of alkyl halides is 3. The van der Waals surface area contributed by atoms with Crippen LogP contribution in [0.3, 0.4) is 0 Å². The standard InChI is InChI=1S/C26H20ClF3N2O4S/c27-20-10-12-23(13-11-20)36-25-14-9-19(16-31-25)17-32(37(33,34)18-26(28,29)30)21-5-4-8-24(15-21)35-22-6-2-1-3-7-22/h1-16H,17-18H2. The van der Waals surface area contributed by atoms with Crippen LogP contribution in [0.4, 0.5) is 18.9 Å². The first-order valence-electron chi connectivity index (χ1n) is 10.9. The van der Waals surface area contributed by atoms with Crippen LogP contribution in [0.5, 0.6) is 23.1 Å². The Bertz CT molecular complexity index is 1430. The number of rotatable bonds is 9. The number of nitrogens with zero attached hydrogens (tertiary/aromatic N) is 2. The Morgan fingerprint density at radius 2 is 1.49 bits per heavy atom. The van der Waals surface area contributed by atoms with Crippen LogP contribution in [0.25, 0.3) is 0 Å². The van der Waals surface area contributed by atoms with Crippen molar-refractivity contribution in [1.82, 2.24) is 4.98 Å². The van der Waals surface area contributed by atoms with Gasteiger partial charge in [0.2, 0.25) is 15.9 Å². The molecule has 4 aromatic rings. The zero-order valence-electron chi connectivity index (χ0n) is 19.1. The molecule has 37 heavy (non-hydrogen) atoms. The van der Waals surface area contributed by atoms with E-state index in [1.807, 2.05) is 0 Å². The molecule has 1 aromatic heterocycles. The minimum Gasteiger partial charge on any atom is -0.457 e. The van der Waals surface area contributed by atoms with Gasteiger partial charge in [-0.1, -0.05) is 41.9 Å². The molecule has 0 aliphatic rings. The highest BCUT2D eigenvalue weighted by Gasteiger charge is 2.38. The highest BCUT2D eigenvalue weighted by atomic mass is 35.5. The summed E-state index contributed by atoms with van der Waals surface area (Å²) in [5, 5.41) is 0.536. The molecule has 0 amide bonds. The smallest absolute Gasteiger partial charge is 0.404 e. The van der Waals surface area contributed by atoms with Crippen LogP contribution in [0, 0.1) is 0 Å². The number of hydrogen-bond acceptors (Lipinski definition) is 5. The van der Waals surface area contributed by atoms with E-state index in [0.29, 0.717) is 26.4 Å². The first-order valence-corrected chi connectivity index (χ1v) is 12.8. The fourth-order valence-electron chi connectivity index (χ4n) is 3.32. The molecule has 3 aromatic carbocycles. The summed E-state index contributed by atoms with van der Waals surface area (Å²) in [5.74, 6) is -0.566. The Labute approximate surface area is 216 Å². The molecule has 1 heterocycles. The maximum absolute atomic E-state index is 13.2. The molecule has 0 saturated carbocycles. The monoisotopic (exact) mass is 548 g/mol. The van der Waals surface area contributed by atoms with Crippen LogP contribution >= 0.6 is 11.6 Å². The number of aromatic nitrogens is 1. The average molecular weight is 549 g/mol. The summed E-state index contributed by atoms with van der Waals surface area (Å²) in [6.07, 6.45) is -3.59. The van der Waals surface area contributed by atoms with Crippen LogP contribution in [0.2, 0.25) is 5.02 Å². The fourth-order valence-corrected chi connectivity index (χ4v) is 4.79. The lowest BCUT2D eigenvalue weighted by molar-refractivity contribution is -0.106. The number of halogens is 4. The van der Waals surface area contributed by atoms with Gasteiger partial charge in [-0.3, -0.25) is 4.31 Å². The minimum atomic E-state index is -4.93. The summed E-state index contributed by atoms with van der Waals surface area (Å²) in [4.78, 5) is 4.15. The predicted molar refractivity (Wildman–Crippen MR) is 135 cm³/mol. The molecule has 0 atom stereocenters. The average Bonchev–Trinajstić information content (AvgIpc) is 2.84. The second kappa shape index (κ2) is 11.1. The molecule has 0 saturated heterocycles.